The Labute approximate surface area is 296 Å². The molecule has 1 aliphatic heterocycles. The highest BCUT2D eigenvalue weighted by Crippen LogP contribution is 2.42. The first-order valence-electron chi connectivity index (χ1n) is 17.2. The Morgan fingerprint density at radius 1 is 0.549 bits per heavy atom. The molecule has 7 aromatic carbocycles. The number of rotatable bonds is 4. The monoisotopic (exact) mass is 675 g/mol. The molecule has 5 nitrogen and oxygen atoms in total. The van der Waals surface area contributed by atoms with Crippen LogP contribution in [0.1, 0.15) is 29.0 Å². The van der Waals surface area contributed by atoms with E-state index >= 15 is 0 Å². The highest BCUT2D eigenvalue weighted by atomic mass is 32.1. The molecule has 0 spiro atoms. The van der Waals surface area contributed by atoms with E-state index in [4.69, 9.17) is 13.8 Å². The first kappa shape index (κ1) is 28.6. The lowest BCUT2D eigenvalue weighted by Crippen LogP contribution is -2.45. The van der Waals surface area contributed by atoms with Crippen LogP contribution in [0.2, 0.25) is 0 Å². The van der Waals surface area contributed by atoms with Gasteiger partial charge in [-0.25, -0.2) is 4.99 Å². The third-order valence-electron chi connectivity index (χ3n) is 10.2. The normalized spacial score (nSPS) is 16.4. The van der Waals surface area contributed by atoms with Gasteiger partial charge in [0.15, 0.2) is 0 Å². The van der Waals surface area contributed by atoms with E-state index in [1.807, 2.05) is 35.6 Å². The molecule has 0 amide bonds. The van der Waals surface area contributed by atoms with E-state index in [-0.39, 0.29) is 12.3 Å². The van der Waals surface area contributed by atoms with Crippen LogP contribution in [0.25, 0.3) is 75.2 Å². The van der Waals surface area contributed by atoms with Gasteiger partial charge in [-0.3, -0.25) is 5.32 Å². The average molecular weight is 676 g/mol. The average Bonchev–Trinajstić information content (AvgIpc) is 3.89. The second-order valence-electron chi connectivity index (χ2n) is 13.1. The first-order chi connectivity index (χ1) is 25.3. The third-order valence-corrected chi connectivity index (χ3v) is 11.4. The standard InChI is InChI=1S/C45H29N3O2S/c1-2-11-26(12-3-1)43-46-44(34-18-10-21-37-40(34)33-14-4-6-20-36(33)49-37)48-45(47-43)35-19-9-16-31-29-24-23-27(25-38(29)50-41(31)35)28-15-8-17-32-30-13-5-7-22-39(30)51-42(28)32/h1-25,43-44,46H,(H,47,48). The van der Waals surface area contributed by atoms with Crippen LogP contribution < -0.4 is 10.6 Å². The Hall–Kier alpha value is -6.21. The zero-order valence-corrected chi connectivity index (χ0v) is 28.1. The van der Waals surface area contributed by atoms with E-state index < -0.39 is 0 Å². The van der Waals surface area contributed by atoms with Crippen LogP contribution in [0.15, 0.2) is 165 Å². The van der Waals surface area contributed by atoms with Gasteiger partial charge in [0.1, 0.15) is 40.5 Å². The minimum atomic E-state index is -0.283. The lowest BCUT2D eigenvalue weighted by Gasteiger charge is -2.32. The highest BCUT2D eigenvalue weighted by Gasteiger charge is 2.29. The molecule has 2 atom stereocenters. The Morgan fingerprint density at radius 3 is 2.22 bits per heavy atom. The second-order valence-corrected chi connectivity index (χ2v) is 14.2. The summed E-state index contributed by atoms with van der Waals surface area (Å²) in [5.41, 5.74) is 8.87. The lowest BCUT2D eigenvalue weighted by molar-refractivity contribution is 0.411. The van der Waals surface area contributed by atoms with Crippen molar-refractivity contribution in [1.29, 1.82) is 0 Å². The van der Waals surface area contributed by atoms with E-state index in [1.54, 1.807) is 0 Å². The smallest absolute Gasteiger partial charge is 0.146 e. The largest absolute Gasteiger partial charge is 0.456 e. The van der Waals surface area contributed by atoms with Gasteiger partial charge in [0.2, 0.25) is 0 Å². The van der Waals surface area contributed by atoms with Crippen LogP contribution in [0, 0.1) is 0 Å². The van der Waals surface area contributed by atoms with Crippen LogP contribution >= 0.6 is 11.3 Å². The number of aliphatic imine (C=N–C) groups is 1. The number of hydrogen-bond donors (Lipinski definition) is 2. The molecule has 2 unspecified atom stereocenters. The minimum absolute atomic E-state index is 0.250. The van der Waals surface area contributed by atoms with E-state index in [1.165, 1.54) is 25.7 Å². The summed E-state index contributed by atoms with van der Waals surface area (Å²) < 4.78 is 15.7. The molecule has 4 heterocycles. The summed E-state index contributed by atoms with van der Waals surface area (Å²) in [6, 6.07) is 53.1. The maximum atomic E-state index is 6.81. The van der Waals surface area contributed by atoms with E-state index in [0.29, 0.717) is 0 Å². The Balaban J connectivity index is 1.06. The maximum absolute atomic E-state index is 6.81. The summed E-state index contributed by atoms with van der Waals surface area (Å²) in [6.07, 6.45) is -0.533. The minimum Gasteiger partial charge on any atom is -0.456 e. The second kappa shape index (κ2) is 11.2. The molecular weight excluding hydrogens is 647 g/mol. The number of para-hydroxylation sites is 2. The molecule has 11 rings (SSSR count). The molecule has 0 saturated carbocycles. The van der Waals surface area contributed by atoms with E-state index in [2.05, 4.69) is 138 Å². The van der Waals surface area contributed by atoms with Crippen molar-refractivity contribution >= 4 is 81.2 Å². The van der Waals surface area contributed by atoms with E-state index in [0.717, 1.165) is 72.0 Å². The Bertz CT molecular complexity index is 3010. The zero-order valence-electron chi connectivity index (χ0n) is 27.3. The number of fused-ring (bicyclic) bond motifs is 9. The summed E-state index contributed by atoms with van der Waals surface area (Å²) in [6.45, 7) is 0. The number of benzene rings is 7. The van der Waals surface area contributed by atoms with Gasteiger partial charge in [-0.15, -0.1) is 11.3 Å². The van der Waals surface area contributed by atoms with Crippen LogP contribution in [-0.4, -0.2) is 5.84 Å². The fourth-order valence-corrected chi connectivity index (χ4v) is 9.07. The maximum Gasteiger partial charge on any atom is 0.146 e. The molecule has 51 heavy (non-hydrogen) atoms. The Kier molecular flexibility index (Phi) is 6.26. The van der Waals surface area contributed by atoms with Crippen LogP contribution in [0.3, 0.4) is 0 Å². The summed E-state index contributed by atoms with van der Waals surface area (Å²) in [5.74, 6) is 0.775. The molecular formula is C45H29N3O2S. The summed E-state index contributed by atoms with van der Waals surface area (Å²) in [4.78, 5) is 5.28. The number of amidine groups is 1. The molecule has 6 heteroatoms. The van der Waals surface area contributed by atoms with Crippen molar-refractivity contribution in [3.8, 4) is 11.1 Å². The molecule has 0 fully saturated rings. The molecule has 0 aliphatic carbocycles. The van der Waals surface area contributed by atoms with Crippen molar-refractivity contribution in [2.45, 2.75) is 12.3 Å². The van der Waals surface area contributed by atoms with Gasteiger partial charge in [-0.05, 0) is 53.1 Å². The fraction of sp³-hybridized carbons (Fsp3) is 0.0444. The van der Waals surface area contributed by atoms with Crippen molar-refractivity contribution in [2.75, 3.05) is 0 Å². The van der Waals surface area contributed by atoms with Crippen LogP contribution in [-0.2, 0) is 0 Å². The first-order valence-corrected chi connectivity index (χ1v) is 18.0. The number of furan rings is 2. The molecule has 10 aromatic rings. The number of nitrogens with one attached hydrogen (secondary N) is 2. The molecule has 0 bridgehead atoms. The third kappa shape index (κ3) is 4.47. The van der Waals surface area contributed by atoms with Crippen molar-refractivity contribution in [2.24, 2.45) is 4.99 Å². The molecule has 2 N–H and O–H groups in total. The predicted octanol–water partition coefficient (Wildman–Crippen LogP) is 11.9. The van der Waals surface area contributed by atoms with Gasteiger partial charge < -0.3 is 14.2 Å². The van der Waals surface area contributed by atoms with Crippen LogP contribution in [0.4, 0.5) is 0 Å². The lowest BCUT2D eigenvalue weighted by atomic mass is 10.0. The van der Waals surface area contributed by atoms with Gasteiger partial charge in [-0.2, -0.15) is 0 Å². The molecule has 0 saturated heterocycles. The molecule has 1 aliphatic rings. The summed E-state index contributed by atoms with van der Waals surface area (Å²) in [5, 5.41) is 14.5. The van der Waals surface area contributed by atoms with Crippen LogP contribution in [0.5, 0.6) is 0 Å². The Morgan fingerprint density at radius 2 is 1.29 bits per heavy atom. The topological polar surface area (TPSA) is 62.7 Å². The molecule has 0 radical (unpaired) electrons. The van der Waals surface area contributed by atoms with Gasteiger partial charge in [0, 0.05) is 47.3 Å². The van der Waals surface area contributed by atoms with Gasteiger partial charge in [0.05, 0.1) is 5.56 Å². The number of hydrogen-bond acceptors (Lipinski definition) is 6. The molecule has 3 aromatic heterocycles. The van der Waals surface area contributed by atoms with Gasteiger partial charge in [0.25, 0.3) is 0 Å². The fourth-order valence-electron chi connectivity index (χ4n) is 7.83. The van der Waals surface area contributed by atoms with Gasteiger partial charge >= 0.3 is 0 Å². The van der Waals surface area contributed by atoms with Crippen molar-refractivity contribution in [3.63, 3.8) is 0 Å². The summed E-state index contributed by atoms with van der Waals surface area (Å²) in [7, 11) is 0. The summed E-state index contributed by atoms with van der Waals surface area (Å²) >= 11 is 1.85. The quantitative estimate of drug-likeness (QED) is 0.195. The number of thiophene rings is 1. The highest BCUT2D eigenvalue weighted by molar-refractivity contribution is 7.26. The van der Waals surface area contributed by atoms with Crippen molar-refractivity contribution in [1.82, 2.24) is 10.6 Å². The molecule has 242 valence electrons. The van der Waals surface area contributed by atoms with E-state index in [9.17, 15) is 0 Å². The number of nitrogens with zero attached hydrogens (tertiary/aromatic N) is 1. The van der Waals surface area contributed by atoms with Crippen molar-refractivity contribution in [3.05, 3.63) is 168 Å². The SMILES string of the molecule is c1ccc(C2N=C(c3cccc4c3oc3cc(-c5cccc6c5sc5ccccc56)ccc34)NC(c3cccc4oc5ccccc5c34)N2)cc1. The predicted molar refractivity (Wildman–Crippen MR) is 210 cm³/mol. The van der Waals surface area contributed by atoms with Gasteiger partial charge in [-0.1, -0.05) is 115 Å². The van der Waals surface area contributed by atoms with Crippen molar-refractivity contribution < 1.29 is 8.83 Å². The zero-order chi connectivity index (χ0) is 33.5.